The van der Waals surface area contributed by atoms with Crippen molar-refractivity contribution in [2.24, 2.45) is 0 Å². The van der Waals surface area contributed by atoms with E-state index in [0.29, 0.717) is 5.13 Å². The van der Waals surface area contributed by atoms with Crippen molar-refractivity contribution in [1.82, 2.24) is 9.55 Å². The van der Waals surface area contributed by atoms with Crippen LogP contribution in [0.5, 0.6) is 0 Å². The molecule has 0 spiro atoms. The van der Waals surface area contributed by atoms with Crippen molar-refractivity contribution in [3.63, 3.8) is 0 Å². The predicted octanol–water partition coefficient (Wildman–Crippen LogP) is 3.59. The third-order valence-corrected chi connectivity index (χ3v) is 5.53. The molecular formula is C15H12IN3O2S2. The lowest BCUT2D eigenvalue weighted by Gasteiger charge is -2.04. The van der Waals surface area contributed by atoms with E-state index in [2.05, 4.69) is 32.9 Å². The molecule has 1 N–H and O–H groups in total. The van der Waals surface area contributed by atoms with Gasteiger partial charge in [0.25, 0.3) is 0 Å². The van der Waals surface area contributed by atoms with Crippen LogP contribution in [-0.4, -0.2) is 15.5 Å². The monoisotopic (exact) mass is 457 g/mol. The number of rotatable bonds is 4. The lowest BCUT2D eigenvalue weighted by molar-refractivity contribution is -0.116. The first-order valence-electron chi connectivity index (χ1n) is 6.69. The van der Waals surface area contributed by atoms with Crippen molar-refractivity contribution in [2.75, 3.05) is 5.32 Å². The summed E-state index contributed by atoms with van der Waals surface area (Å²) in [6, 6.07) is 8.02. The van der Waals surface area contributed by atoms with Gasteiger partial charge in [0.1, 0.15) is 6.54 Å². The number of carbonyl (C=O) groups excluding carboxylic acids is 1. The number of hydrogen-bond donors (Lipinski definition) is 1. The van der Waals surface area contributed by atoms with Crippen LogP contribution >= 0.6 is 45.3 Å². The van der Waals surface area contributed by atoms with Crippen LogP contribution in [-0.2, 0) is 11.3 Å². The van der Waals surface area contributed by atoms with Gasteiger partial charge in [0, 0.05) is 25.6 Å². The number of anilines is 1. The summed E-state index contributed by atoms with van der Waals surface area (Å²) in [5.74, 6) is -0.253. The van der Waals surface area contributed by atoms with Gasteiger partial charge in [-0.3, -0.25) is 14.2 Å². The highest BCUT2D eigenvalue weighted by molar-refractivity contribution is 14.1. The smallest absolute Gasteiger partial charge is 0.300 e. The number of halogens is 1. The van der Waals surface area contributed by atoms with Gasteiger partial charge in [-0.05, 0) is 41.6 Å². The van der Waals surface area contributed by atoms with Crippen LogP contribution in [0.3, 0.4) is 0 Å². The Balaban J connectivity index is 1.70. The number of aryl methyl sites for hydroxylation is 1. The van der Waals surface area contributed by atoms with Crippen molar-refractivity contribution in [1.29, 1.82) is 0 Å². The fraction of sp³-hybridized carbons (Fsp3) is 0.133. The predicted molar refractivity (Wildman–Crippen MR) is 102 cm³/mol. The van der Waals surface area contributed by atoms with Crippen molar-refractivity contribution in [3.8, 4) is 11.3 Å². The van der Waals surface area contributed by atoms with Gasteiger partial charge < -0.3 is 5.32 Å². The maximum Gasteiger partial charge on any atom is 0.307 e. The Labute approximate surface area is 154 Å². The van der Waals surface area contributed by atoms with Crippen molar-refractivity contribution >= 4 is 56.3 Å². The van der Waals surface area contributed by atoms with E-state index in [1.807, 2.05) is 36.6 Å². The minimum Gasteiger partial charge on any atom is -0.300 e. The summed E-state index contributed by atoms with van der Waals surface area (Å²) in [6.07, 6.45) is 0. The van der Waals surface area contributed by atoms with Crippen LogP contribution in [0.2, 0.25) is 0 Å². The molecule has 118 valence electrons. The highest BCUT2D eigenvalue weighted by Crippen LogP contribution is 2.25. The molecule has 3 rings (SSSR count). The molecule has 8 heteroatoms. The van der Waals surface area contributed by atoms with Gasteiger partial charge >= 0.3 is 4.87 Å². The molecule has 2 heterocycles. The number of amides is 1. The zero-order valence-electron chi connectivity index (χ0n) is 12.1. The van der Waals surface area contributed by atoms with Gasteiger partial charge in [-0.25, -0.2) is 4.98 Å². The largest absolute Gasteiger partial charge is 0.307 e. The average molecular weight is 457 g/mol. The second kappa shape index (κ2) is 6.93. The summed E-state index contributed by atoms with van der Waals surface area (Å²) < 4.78 is 2.61. The maximum atomic E-state index is 12.1. The first-order chi connectivity index (χ1) is 11.0. The molecule has 0 saturated carbocycles. The number of benzene rings is 1. The van der Waals surface area contributed by atoms with Crippen LogP contribution in [0.25, 0.3) is 11.3 Å². The van der Waals surface area contributed by atoms with Gasteiger partial charge in [0.2, 0.25) is 5.91 Å². The van der Waals surface area contributed by atoms with E-state index in [4.69, 9.17) is 0 Å². The van der Waals surface area contributed by atoms with Crippen LogP contribution < -0.4 is 10.2 Å². The summed E-state index contributed by atoms with van der Waals surface area (Å²) in [6.45, 7) is 1.82. The molecule has 1 amide bonds. The van der Waals surface area contributed by atoms with E-state index < -0.39 is 0 Å². The van der Waals surface area contributed by atoms with E-state index in [1.165, 1.54) is 15.9 Å². The van der Waals surface area contributed by atoms with E-state index in [9.17, 15) is 9.59 Å². The normalized spacial score (nSPS) is 10.7. The quantitative estimate of drug-likeness (QED) is 0.610. The van der Waals surface area contributed by atoms with Crippen LogP contribution in [0.1, 0.15) is 5.69 Å². The minimum absolute atomic E-state index is 0.00656. The maximum absolute atomic E-state index is 12.1. The van der Waals surface area contributed by atoms with Gasteiger partial charge in [0.15, 0.2) is 5.13 Å². The molecule has 5 nitrogen and oxygen atoms in total. The summed E-state index contributed by atoms with van der Waals surface area (Å²) in [4.78, 5) is 28.0. The van der Waals surface area contributed by atoms with Crippen LogP contribution in [0.15, 0.2) is 39.8 Å². The zero-order valence-corrected chi connectivity index (χ0v) is 15.9. The molecule has 0 atom stereocenters. The summed E-state index contributed by atoms with van der Waals surface area (Å²) in [5, 5.41) is 6.93. The van der Waals surface area contributed by atoms with Crippen molar-refractivity contribution in [3.05, 3.63) is 54.0 Å². The molecule has 2 aromatic heterocycles. The third kappa shape index (κ3) is 3.88. The number of thiazole rings is 2. The Morgan fingerprint density at radius 1 is 1.26 bits per heavy atom. The SMILES string of the molecule is Cc1csc(=O)n1CC(=O)Nc1nc(-c2ccc(I)cc2)cs1. The Kier molecular flexibility index (Phi) is 4.93. The number of aromatic nitrogens is 2. The molecule has 0 aliphatic rings. The van der Waals surface area contributed by atoms with E-state index in [-0.39, 0.29) is 17.3 Å². The Hall–Kier alpha value is -1.52. The molecule has 0 bridgehead atoms. The van der Waals surface area contributed by atoms with Gasteiger partial charge in [0.05, 0.1) is 5.69 Å². The summed E-state index contributed by atoms with van der Waals surface area (Å²) in [7, 11) is 0. The molecule has 23 heavy (non-hydrogen) atoms. The lowest BCUT2D eigenvalue weighted by Crippen LogP contribution is -2.25. The third-order valence-electron chi connectivity index (χ3n) is 3.17. The van der Waals surface area contributed by atoms with Crippen LogP contribution in [0.4, 0.5) is 5.13 Å². The second-order valence-corrected chi connectivity index (χ2v) is 7.75. The Morgan fingerprint density at radius 3 is 2.65 bits per heavy atom. The molecule has 0 unspecified atom stereocenters. The van der Waals surface area contributed by atoms with Crippen LogP contribution in [0, 0.1) is 10.5 Å². The van der Waals surface area contributed by atoms with E-state index in [0.717, 1.165) is 31.9 Å². The van der Waals surface area contributed by atoms with Crippen molar-refractivity contribution < 1.29 is 4.79 Å². The van der Waals surface area contributed by atoms with Crippen molar-refractivity contribution in [2.45, 2.75) is 13.5 Å². The van der Waals surface area contributed by atoms with E-state index >= 15 is 0 Å². The average Bonchev–Trinajstić information content (AvgIpc) is 3.10. The number of nitrogens with zero attached hydrogens (tertiary/aromatic N) is 2. The Bertz CT molecular complexity index is 896. The molecule has 0 aliphatic heterocycles. The molecule has 0 fully saturated rings. The van der Waals surface area contributed by atoms with Gasteiger partial charge in [-0.15, -0.1) is 11.3 Å². The van der Waals surface area contributed by atoms with Gasteiger partial charge in [-0.1, -0.05) is 23.5 Å². The standard InChI is InChI=1S/C15H12IN3O2S2/c1-9-7-23-15(21)19(9)6-13(20)18-14-17-12(8-22-14)10-2-4-11(16)5-3-10/h2-5,7-8H,6H2,1H3,(H,17,18,20). The van der Waals surface area contributed by atoms with E-state index in [1.54, 1.807) is 5.38 Å². The highest BCUT2D eigenvalue weighted by Gasteiger charge is 2.11. The fourth-order valence-corrected chi connectivity index (χ4v) is 3.81. The number of hydrogen-bond acceptors (Lipinski definition) is 5. The molecular weight excluding hydrogens is 445 g/mol. The lowest BCUT2D eigenvalue weighted by atomic mass is 10.2. The van der Waals surface area contributed by atoms with Gasteiger partial charge in [-0.2, -0.15) is 0 Å². The fourth-order valence-electron chi connectivity index (χ4n) is 1.98. The topological polar surface area (TPSA) is 64.0 Å². The zero-order chi connectivity index (χ0) is 16.4. The summed E-state index contributed by atoms with van der Waals surface area (Å²) in [5.41, 5.74) is 2.62. The summed E-state index contributed by atoms with van der Waals surface area (Å²) >= 11 is 4.71. The molecule has 1 aromatic carbocycles. The first-order valence-corrected chi connectivity index (χ1v) is 9.53. The number of nitrogens with one attached hydrogen (secondary N) is 1. The first kappa shape index (κ1) is 16.3. The second-order valence-electron chi connectivity index (χ2n) is 4.82. The minimum atomic E-state index is -0.253. The number of carbonyl (C=O) groups is 1. The Morgan fingerprint density at radius 2 is 2.00 bits per heavy atom. The molecule has 0 aliphatic carbocycles. The highest BCUT2D eigenvalue weighted by atomic mass is 127. The molecule has 3 aromatic rings. The molecule has 0 radical (unpaired) electrons. The molecule has 0 saturated heterocycles.